The predicted octanol–water partition coefficient (Wildman–Crippen LogP) is 0.599. The molecule has 1 rings (SSSR count). The summed E-state index contributed by atoms with van der Waals surface area (Å²) in [6, 6.07) is 1.38. The van der Waals surface area contributed by atoms with E-state index in [4.69, 9.17) is 9.63 Å². The molecule has 94 valence electrons. The molecule has 0 spiro atoms. The maximum atomic E-state index is 11.5. The molecule has 0 aromatic carbocycles. The third-order valence-corrected chi connectivity index (χ3v) is 2.11. The van der Waals surface area contributed by atoms with Gasteiger partial charge in [0, 0.05) is 19.7 Å². The van der Waals surface area contributed by atoms with Crippen molar-refractivity contribution in [1.82, 2.24) is 15.4 Å². The van der Waals surface area contributed by atoms with Gasteiger partial charge in [-0.25, -0.2) is 4.79 Å². The van der Waals surface area contributed by atoms with Gasteiger partial charge in [-0.2, -0.15) is 0 Å². The van der Waals surface area contributed by atoms with Gasteiger partial charge >= 0.3 is 12.0 Å². The Balaban J connectivity index is 2.31. The van der Waals surface area contributed by atoms with E-state index in [2.05, 4.69) is 10.5 Å². The van der Waals surface area contributed by atoms with Crippen molar-refractivity contribution in [2.24, 2.45) is 0 Å². The summed E-state index contributed by atoms with van der Waals surface area (Å²) < 4.78 is 4.84. The van der Waals surface area contributed by atoms with Gasteiger partial charge in [-0.05, 0) is 6.92 Å². The molecule has 0 atom stereocenters. The summed E-state index contributed by atoms with van der Waals surface area (Å²) in [5.41, 5.74) is 0.627. The van der Waals surface area contributed by atoms with Crippen LogP contribution in [0.2, 0.25) is 0 Å². The van der Waals surface area contributed by atoms with Gasteiger partial charge in [0.25, 0.3) is 0 Å². The summed E-state index contributed by atoms with van der Waals surface area (Å²) in [7, 11) is 1.53. The van der Waals surface area contributed by atoms with Crippen molar-refractivity contribution in [3.05, 3.63) is 17.5 Å². The van der Waals surface area contributed by atoms with Crippen molar-refractivity contribution in [2.75, 3.05) is 13.6 Å². The van der Waals surface area contributed by atoms with Crippen LogP contribution in [0.15, 0.2) is 10.6 Å². The summed E-state index contributed by atoms with van der Waals surface area (Å²) in [5, 5.41) is 14.8. The van der Waals surface area contributed by atoms with Crippen LogP contribution in [0.1, 0.15) is 17.9 Å². The minimum Gasteiger partial charge on any atom is -0.481 e. The summed E-state index contributed by atoms with van der Waals surface area (Å²) in [6.07, 6.45) is -0.0764. The van der Waals surface area contributed by atoms with E-state index in [-0.39, 0.29) is 25.5 Å². The van der Waals surface area contributed by atoms with Crippen molar-refractivity contribution in [2.45, 2.75) is 19.9 Å². The Morgan fingerprint density at radius 1 is 1.59 bits per heavy atom. The molecule has 7 heteroatoms. The Morgan fingerprint density at radius 2 is 2.29 bits per heavy atom. The van der Waals surface area contributed by atoms with Crippen molar-refractivity contribution in [3.8, 4) is 0 Å². The molecule has 1 aromatic heterocycles. The first-order valence-corrected chi connectivity index (χ1v) is 5.12. The SMILES string of the molecule is Cc1cc(CNC(=O)N(C)CCC(=O)O)no1. The zero-order chi connectivity index (χ0) is 12.8. The number of nitrogens with zero attached hydrogens (tertiary/aromatic N) is 2. The maximum Gasteiger partial charge on any atom is 0.317 e. The van der Waals surface area contributed by atoms with Crippen molar-refractivity contribution >= 4 is 12.0 Å². The fraction of sp³-hybridized carbons (Fsp3) is 0.500. The first-order chi connectivity index (χ1) is 7.99. The maximum absolute atomic E-state index is 11.5. The number of carbonyl (C=O) groups excluding carboxylic acids is 1. The second-order valence-corrected chi connectivity index (χ2v) is 3.65. The third kappa shape index (κ3) is 4.54. The number of carbonyl (C=O) groups is 2. The number of urea groups is 1. The molecule has 2 amide bonds. The normalized spacial score (nSPS) is 10.0. The van der Waals surface area contributed by atoms with Gasteiger partial charge in [-0.1, -0.05) is 5.16 Å². The number of aryl methyl sites for hydroxylation is 1. The fourth-order valence-electron chi connectivity index (χ4n) is 1.17. The molecule has 0 radical (unpaired) electrons. The van der Waals surface area contributed by atoms with Gasteiger partial charge in [0.2, 0.25) is 0 Å². The molecule has 2 N–H and O–H groups in total. The smallest absolute Gasteiger partial charge is 0.317 e. The highest BCUT2D eigenvalue weighted by molar-refractivity contribution is 5.74. The molecular formula is C10H15N3O4. The number of carboxylic acids is 1. The third-order valence-electron chi connectivity index (χ3n) is 2.11. The van der Waals surface area contributed by atoms with E-state index in [0.717, 1.165) is 0 Å². The molecular weight excluding hydrogens is 226 g/mol. The standard InChI is InChI=1S/C10H15N3O4/c1-7-5-8(12-17-7)6-11-10(16)13(2)4-3-9(14)15/h5H,3-4,6H2,1-2H3,(H,11,16)(H,14,15). The van der Waals surface area contributed by atoms with Crippen LogP contribution in [0, 0.1) is 6.92 Å². The van der Waals surface area contributed by atoms with Crippen molar-refractivity contribution in [1.29, 1.82) is 0 Å². The average Bonchev–Trinajstić information content (AvgIpc) is 2.68. The van der Waals surface area contributed by atoms with Crippen LogP contribution in [-0.2, 0) is 11.3 Å². The van der Waals surface area contributed by atoms with Gasteiger partial charge in [0.15, 0.2) is 0 Å². The van der Waals surface area contributed by atoms with Crippen molar-refractivity contribution < 1.29 is 19.2 Å². The lowest BCUT2D eigenvalue weighted by Gasteiger charge is -2.16. The molecule has 0 saturated carbocycles. The van der Waals surface area contributed by atoms with Crippen molar-refractivity contribution in [3.63, 3.8) is 0 Å². The highest BCUT2D eigenvalue weighted by Gasteiger charge is 2.10. The molecule has 0 fully saturated rings. The number of rotatable bonds is 5. The van der Waals surface area contributed by atoms with Crippen LogP contribution in [0.3, 0.4) is 0 Å². The molecule has 7 nitrogen and oxygen atoms in total. The van der Waals surface area contributed by atoms with Gasteiger partial charge < -0.3 is 19.8 Å². The molecule has 0 bridgehead atoms. The summed E-state index contributed by atoms with van der Waals surface area (Å²) in [6.45, 7) is 2.18. The highest BCUT2D eigenvalue weighted by atomic mass is 16.5. The van der Waals surface area contributed by atoms with E-state index in [0.29, 0.717) is 11.5 Å². The highest BCUT2D eigenvalue weighted by Crippen LogP contribution is 2.00. The molecule has 0 aliphatic heterocycles. The monoisotopic (exact) mass is 241 g/mol. The minimum absolute atomic E-state index is 0.0764. The number of aliphatic carboxylic acids is 1. The van der Waals surface area contributed by atoms with E-state index in [9.17, 15) is 9.59 Å². The molecule has 0 unspecified atom stereocenters. The molecule has 1 aromatic rings. The molecule has 0 aliphatic carbocycles. The Kier molecular flexibility index (Phi) is 4.50. The largest absolute Gasteiger partial charge is 0.481 e. The topological polar surface area (TPSA) is 95.7 Å². The van der Waals surface area contributed by atoms with Gasteiger partial charge in [-0.3, -0.25) is 4.79 Å². The minimum atomic E-state index is -0.934. The first-order valence-electron chi connectivity index (χ1n) is 5.12. The zero-order valence-corrected chi connectivity index (χ0v) is 9.77. The number of aromatic nitrogens is 1. The lowest BCUT2D eigenvalue weighted by molar-refractivity contribution is -0.137. The van der Waals surface area contributed by atoms with E-state index >= 15 is 0 Å². The molecule has 17 heavy (non-hydrogen) atoms. The molecule has 0 saturated heterocycles. The van der Waals surface area contributed by atoms with Gasteiger partial charge in [0.05, 0.1) is 13.0 Å². The van der Waals surface area contributed by atoms with E-state index in [1.807, 2.05) is 0 Å². The van der Waals surface area contributed by atoms with Gasteiger partial charge in [-0.15, -0.1) is 0 Å². The number of nitrogens with one attached hydrogen (secondary N) is 1. The first kappa shape index (κ1) is 13.0. The van der Waals surface area contributed by atoms with Crippen LogP contribution >= 0.6 is 0 Å². The van der Waals surface area contributed by atoms with Crippen LogP contribution in [0.4, 0.5) is 4.79 Å². The Hall–Kier alpha value is -2.05. The number of hydrogen-bond donors (Lipinski definition) is 2. The Labute approximate surface area is 98.4 Å². The number of hydrogen-bond acceptors (Lipinski definition) is 4. The molecule has 1 heterocycles. The lowest BCUT2D eigenvalue weighted by Crippen LogP contribution is -2.38. The van der Waals surface area contributed by atoms with Gasteiger partial charge in [0.1, 0.15) is 11.5 Å². The summed E-state index contributed by atoms with van der Waals surface area (Å²) in [4.78, 5) is 23.1. The second-order valence-electron chi connectivity index (χ2n) is 3.65. The van der Waals surface area contributed by atoms with Crippen LogP contribution in [0.5, 0.6) is 0 Å². The zero-order valence-electron chi connectivity index (χ0n) is 9.77. The van der Waals surface area contributed by atoms with E-state index in [1.165, 1.54) is 11.9 Å². The Bertz CT molecular complexity index is 402. The quantitative estimate of drug-likeness (QED) is 0.787. The predicted molar refractivity (Wildman–Crippen MR) is 58.4 cm³/mol. The van der Waals surface area contributed by atoms with E-state index in [1.54, 1.807) is 13.0 Å². The van der Waals surface area contributed by atoms with Crippen LogP contribution < -0.4 is 5.32 Å². The fourth-order valence-corrected chi connectivity index (χ4v) is 1.17. The number of carboxylic acid groups (broad SMARTS) is 1. The van der Waals surface area contributed by atoms with Crippen LogP contribution in [0.25, 0.3) is 0 Å². The summed E-state index contributed by atoms with van der Waals surface area (Å²) >= 11 is 0. The lowest BCUT2D eigenvalue weighted by atomic mass is 10.4. The van der Waals surface area contributed by atoms with Crippen LogP contribution in [-0.4, -0.2) is 40.8 Å². The average molecular weight is 241 g/mol. The second kappa shape index (κ2) is 5.88. The Morgan fingerprint density at radius 3 is 2.82 bits per heavy atom. The van der Waals surface area contributed by atoms with E-state index < -0.39 is 5.97 Å². The molecule has 0 aliphatic rings. The summed E-state index contributed by atoms with van der Waals surface area (Å²) in [5.74, 6) is -0.259. The number of amides is 2.